The first-order chi connectivity index (χ1) is 10.6. The number of H-pyrrole nitrogens is 1. The molecule has 0 spiro atoms. The van der Waals surface area contributed by atoms with Crippen LogP contribution in [0.5, 0.6) is 0 Å². The first-order valence-electron chi connectivity index (χ1n) is 7.50. The van der Waals surface area contributed by atoms with Gasteiger partial charge in [-0.1, -0.05) is 0 Å². The number of rotatable bonds is 3. The molecule has 0 fully saturated rings. The lowest BCUT2D eigenvalue weighted by Gasteiger charge is -2.28. The number of nitrogens with zero attached hydrogens (tertiary/aromatic N) is 3. The minimum absolute atomic E-state index is 0.215. The molecule has 3 heterocycles. The quantitative estimate of drug-likeness (QED) is 0.926. The predicted octanol–water partition coefficient (Wildman–Crippen LogP) is 1.21. The first kappa shape index (κ1) is 14.6. The molecule has 6 nitrogen and oxygen atoms in total. The van der Waals surface area contributed by atoms with E-state index in [2.05, 4.69) is 14.5 Å². The Hall–Kier alpha value is -2.37. The zero-order valence-corrected chi connectivity index (χ0v) is 12.9. The van der Waals surface area contributed by atoms with Crippen LogP contribution < -0.4 is 5.56 Å². The summed E-state index contributed by atoms with van der Waals surface area (Å²) in [7, 11) is 1.76. The first-order valence-corrected chi connectivity index (χ1v) is 7.50. The molecule has 0 aromatic carbocycles. The third-order valence-electron chi connectivity index (χ3n) is 4.31. The number of fused-ring (bicyclic) bond motifs is 1. The van der Waals surface area contributed by atoms with Gasteiger partial charge in [-0.2, -0.15) is 0 Å². The SMILES string of the molecule is Cc1cc[nH]c(=O)c1C(=O)N(C)CC1CCn2ccnc2C1. The number of hydrogen-bond donors (Lipinski definition) is 1. The van der Waals surface area contributed by atoms with E-state index in [1.54, 1.807) is 31.1 Å². The fraction of sp³-hybridized carbons (Fsp3) is 0.438. The van der Waals surface area contributed by atoms with Crippen molar-refractivity contribution in [3.8, 4) is 0 Å². The van der Waals surface area contributed by atoms with E-state index in [1.165, 1.54) is 0 Å². The number of pyridine rings is 1. The highest BCUT2D eigenvalue weighted by molar-refractivity contribution is 5.95. The molecule has 1 unspecified atom stereocenters. The third kappa shape index (κ3) is 2.68. The number of carbonyl (C=O) groups excluding carboxylic acids is 1. The van der Waals surface area contributed by atoms with Crippen LogP contribution in [0.15, 0.2) is 29.5 Å². The third-order valence-corrected chi connectivity index (χ3v) is 4.31. The van der Waals surface area contributed by atoms with E-state index < -0.39 is 0 Å². The molecule has 2 aromatic heterocycles. The molecule has 1 amide bonds. The summed E-state index contributed by atoms with van der Waals surface area (Å²) in [5.41, 5.74) is 0.623. The number of aromatic nitrogens is 3. The van der Waals surface area contributed by atoms with Gasteiger partial charge in [-0.05, 0) is 30.9 Å². The summed E-state index contributed by atoms with van der Waals surface area (Å²) in [4.78, 5) is 33.0. The maximum absolute atomic E-state index is 12.5. The van der Waals surface area contributed by atoms with E-state index in [0.717, 1.165) is 25.2 Å². The van der Waals surface area contributed by atoms with Crippen LogP contribution in [0.4, 0.5) is 0 Å². The standard InChI is InChI=1S/C16H20N4O2/c1-11-3-5-18-15(21)14(11)16(22)19(2)10-12-4-7-20-8-6-17-13(20)9-12/h3,5-6,8,12H,4,7,9-10H2,1-2H3,(H,18,21). The van der Waals surface area contributed by atoms with Gasteiger partial charge in [0, 0.05) is 45.1 Å². The number of hydrogen-bond acceptors (Lipinski definition) is 3. The van der Waals surface area contributed by atoms with Crippen LogP contribution in [-0.2, 0) is 13.0 Å². The molecule has 22 heavy (non-hydrogen) atoms. The molecular weight excluding hydrogens is 280 g/mol. The second-order valence-electron chi connectivity index (χ2n) is 5.95. The van der Waals surface area contributed by atoms with Crippen molar-refractivity contribution in [2.45, 2.75) is 26.3 Å². The Labute approximate surface area is 128 Å². The van der Waals surface area contributed by atoms with Crippen molar-refractivity contribution in [1.82, 2.24) is 19.4 Å². The van der Waals surface area contributed by atoms with E-state index >= 15 is 0 Å². The van der Waals surface area contributed by atoms with Crippen LogP contribution in [0, 0.1) is 12.8 Å². The number of imidazole rings is 1. The summed E-state index contributed by atoms with van der Waals surface area (Å²) in [5, 5.41) is 0. The molecule has 1 N–H and O–H groups in total. The fourth-order valence-electron chi connectivity index (χ4n) is 3.08. The minimum atomic E-state index is -0.323. The number of aryl methyl sites for hydroxylation is 2. The molecule has 6 heteroatoms. The Balaban J connectivity index is 1.71. The number of carbonyl (C=O) groups is 1. The van der Waals surface area contributed by atoms with Crippen molar-refractivity contribution in [3.05, 3.63) is 52.0 Å². The van der Waals surface area contributed by atoms with E-state index in [9.17, 15) is 9.59 Å². The molecular formula is C16H20N4O2. The van der Waals surface area contributed by atoms with Crippen molar-refractivity contribution in [2.75, 3.05) is 13.6 Å². The van der Waals surface area contributed by atoms with Gasteiger partial charge in [0.05, 0.1) is 0 Å². The predicted molar refractivity (Wildman–Crippen MR) is 82.8 cm³/mol. The molecule has 1 aliphatic heterocycles. The summed E-state index contributed by atoms with van der Waals surface area (Å²) in [6.45, 7) is 3.36. The number of aromatic amines is 1. The highest BCUT2D eigenvalue weighted by atomic mass is 16.2. The van der Waals surface area contributed by atoms with Gasteiger partial charge >= 0.3 is 0 Å². The van der Waals surface area contributed by atoms with E-state index in [4.69, 9.17) is 0 Å². The fourth-order valence-corrected chi connectivity index (χ4v) is 3.08. The molecule has 0 bridgehead atoms. The molecule has 0 saturated carbocycles. The molecule has 116 valence electrons. The van der Waals surface area contributed by atoms with Crippen LogP contribution >= 0.6 is 0 Å². The highest BCUT2D eigenvalue weighted by Crippen LogP contribution is 2.20. The van der Waals surface area contributed by atoms with Crippen LogP contribution in [0.3, 0.4) is 0 Å². The Morgan fingerprint density at radius 3 is 3.14 bits per heavy atom. The molecule has 0 radical (unpaired) electrons. The Morgan fingerprint density at radius 1 is 1.55 bits per heavy atom. The summed E-state index contributed by atoms with van der Waals surface area (Å²) in [5.74, 6) is 1.24. The van der Waals surface area contributed by atoms with Crippen molar-refractivity contribution in [3.63, 3.8) is 0 Å². The van der Waals surface area contributed by atoms with Crippen LogP contribution in [-0.4, -0.2) is 38.9 Å². The summed E-state index contributed by atoms with van der Waals surface area (Å²) >= 11 is 0. The summed E-state index contributed by atoms with van der Waals surface area (Å²) in [6, 6.07) is 1.75. The summed E-state index contributed by atoms with van der Waals surface area (Å²) < 4.78 is 2.16. The van der Waals surface area contributed by atoms with Crippen molar-refractivity contribution >= 4 is 5.91 Å². The van der Waals surface area contributed by atoms with Crippen LogP contribution in [0.1, 0.15) is 28.2 Å². The van der Waals surface area contributed by atoms with Gasteiger partial charge in [0.15, 0.2) is 0 Å². The average Bonchev–Trinajstić information content (AvgIpc) is 2.94. The Bertz CT molecular complexity index is 747. The van der Waals surface area contributed by atoms with Gasteiger partial charge < -0.3 is 14.5 Å². The van der Waals surface area contributed by atoms with E-state index in [-0.39, 0.29) is 17.0 Å². The van der Waals surface area contributed by atoms with Gasteiger partial charge in [-0.25, -0.2) is 4.98 Å². The second kappa shape index (κ2) is 5.79. The topological polar surface area (TPSA) is 71.0 Å². The number of nitrogens with one attached hydrogen (secondary N) is 1. The molecule has 1 aliphatic rings. The molecule has 2 aromatic rings. The van der Waals surface area contributed by atoms with Crippen molar-refractivity contribution in [1.29, 1.82) is 0 Å². The van der Waals surface area contributed by atoms with Gasteiger partial charge in [0.1, 0.15) is 11.4 Å². The van der Waals surface area contributed by atoms with Crippen molar-refractivity contribution in [2.24, 2.45) is 5.92 Å². The lowest BCUT2D eigenvalue weighted by atomic mass is 9.97. The molecule has 0 saturated heterocycles. The molecule has 0 aliphatic carbocycles. The normalized spacial score (nSPS) is 17.1. The van der Waals surface area contributed by atoms with E-state index in [1.807, 2.05) is 12.4 Å². The second-order valence-corrected chi connectivity index (χ2v) is 5.95. The van der Waals surface area contributed by atoms with Crippen LogP contribution in [0.25, 0.3) is 0 Å². The zero-order chi connectivity index (χ0) is 15.7. The largest absolute Gasteiger partial charge is 0.341 e. The van der Waals surface area contributed by atoms with Gasteiger partial charge in [0.2, 0.25) is 0 Å². The highest BCUT2D eigenvalue weighted by Gasteiger charge is 2.24. The Kier molecular flexibility index (Phi) is 3.83. The lowest BCUT2D eigenvalue weighted by molar-refractivity contribution is 0.0761. The maximum Gasteiger partial charge on any atom is 0.261 e. The van der Waals surface area contributed by atoms with E-state index in [0.29, 0.717) is 18.0 Å². The Morgan fingerprint density at radius 2 is 2.36 bits per heavy atom. The zero-order valence-electron chi connectivity index (χ0n) is 12.9. The van der Waals surface area contributed by atoms with Gasteiger partial charge in [0.25, 0.3) is 11.5 Å². The smallest absolute Gasteiger partial charge is 0.261 e. The van der Waals surface area contributed by atoms with Crippen LogP contribution in [0.2, 0.25) is 0 Å². The van der Waals surface area contributed by atoms with Gasteiger partial charge in [-0.3, -0.25) is 9.59 Å². The minimum Gasteiger partial charge on any atom is -0.341 e. The molecule has 3 rings (SSSR count). The summed E-state index contributed by atoms with van der Waals surface area (Å²) in [6.07, 6.45) is 7.27. The number of amides is 1. The molecule has 1 atom stereocenters. The van der Waals surface area contributed by atoms with Crippen molar-refractivity contribution < 1.29 is 4.79 Å². The maximum atomic E-state index is 12.5. The monoisotopic (exact) mass is 300 g/mol. The van der Waals surface area contributed by atoms with Gasteiger partial charge in [-0.15, -0.1) is 0 Å². The lowest BCUT2D eigenvalue weighted by Crippen LogP contribution is -2.37. The average molecular weight is 300 g/mol.